The Morgan fingerprint density at radius 1 is 1.03 bits per heavy atom. The summed E-state index contributed by atoms with van der Waals surface area (Å²) in [6.45, 7) is 9.01. The molecule has 0 radical (unpaired) electrons. The smallest absolute Gasteiger partial charge is 0.295 e. The van der Waals surface area contributed by atoms with Gasteiger partial charge in [-0.1, -0.05) is 12.1 Å². The van der Waals surface area contributed by atoms with E-state index in [0.29, 0.717) is 48.9 Å². The molecule has 1 unspecified atom stereocenters. The van der Waals surface area contributed by atoms with Crippen LogP contribution in [0, 0.1) is 0 Å². The van der Waals surface area contributed by atoms with Crippen molar-refractivity contribution in [2.24, 2.45) is 0 Å². The van der Waals surface area contributed by atoms with E-state index >= 15 is 0 Å². The third-order valence-corrected chi connectivity index (χ3v) is 5.56. The van der Waals surface area contributed by atoms with E-state index in [2.05, 4.69) is 0 Å². The van der Waals surface area contributed by atoms with Gasteiger partial charge in [0.1, 0.15) is 23.0 Å². The molecule has 1 atom stereocenters. The second kappa shape index (κ2) is 11.8. The van der Waals surface area contributed by atoms with Gasteiger partial charge in [-0.05, 0) is 63.9 Å². The number of ether oxygens (including phenoxy) is 3. The minimum absolute atomic E-state index is 0.0319. The Balaban J connectivity index is 2.09. The summed E-state index contributed by atoms with van der Waals surface area (Å²) in [5.74, 6) is -0.833. The maximum atomic E-state index is 13.2. The lowest BCUT2D eigenvalue weighted by molar-refractivity contribution is -0.140. The van der Waals surface area contributed by atoms with Gasteiger partial charge in [-0.3, -0.25) is 9.59 Å². The van der Waals surface area contributed by atoms with Crippen molar-refractivity contribution in [1.82, 2.24) is 4.90 Å². The number of likely N-dealkylation sites (tertiary alicyclic amines) is 1. The van der Waals surface area contributed by atoms with Gasteiger partial charge in [-0.15, -0.1) is 0 Å². The monoisotopic (exact) mass is 483 g/mol. The van der Waals surface area contributed by atoms with E-state index < -0.39 is 17.7 Å². The number of aliphatic hydroxyl groups is 1. The van der Waals surface area contributed by atoms with E-state index in [9.17, 15) is 19.8 Å². The van der Waals surface area contributed by atoms with Crippen molar-refractivity contribution < 1.29 is 34.0 Å². The van der Waals surface area contributed by atoms with Crippen molar-refractivity contribution in [2.75, 3.05) is 26.4 Å². The first kappa shape index (κ1) is 26.1. The third-order valence-electron chi connectivity index (χ3n) is 5.56. The van der Waals surface area contributed by atoms with Gasteiger partial charge >= 0.3 is 0 Å². The lowest BCUT2D eigenvalue weighted by Gasteiger charge is -2.25. The number of carbonyl (C=O) groups is 2. The molecular weight excluding hydrogens is 450 g/mol. The Morgan fingerprint density at radius 3 is 2.34 bits per heavy atom. The van der Waals surface area contributed by atoms with Crippen molar-refractivity contribution in [2.45, 2.75) is 46.3 Å². The molecule has 3 rings (SSSR count). The van der Waals surface area contributed by atoms with Crippen LogP contribution in [0.3, 0.4) is 0 Å². The molecule has 2 N–H and O–H groups in total. The first-order valence-electron chi connectivity index (χ1n) is 11.9. The molecule has 0 spiro atoms. The molecule has 188 valence electrons. The van der Waals surface area contributed by atoms with Gasteiger partial charge in [0.05, 0.1) is 36.5 Å². The summed E-state index contributed by atoms with van der Waals surface area (Å²) in [5, 5.41) is 21.1. The first-order valence-corrected chi connectivity index (χ1v) is 11.9. The van der Waals surface area contributed by atoms with Gasteiger partial charge in [0, 0.05) is 19.2 Å². The standard InChI is InChI=1S/C27H33NO7/c1-5-33-20-12-13-21(22(16-20)34-6-2)25(30)23-24(18-8-10-19(29)11-9-18)28(27(32)26(23)31)14-7-15-35-17(3)4/h8-13,16-17,24,29-30H,5-7,14-15H2,1-4H3/b25-23-. The van der Waals surface area contributed by atoms with Crippen LogP contribution in [-0.2, 0) is 14.3 Å². The summed E-state index contributed by atoms with van der Waals surface area (Å²) in [6.07, 6.45) is 0.572. The number of aromatic hydroxyl groups is 1. The highest BCUT2D eigenvalue weighted by Crippen LogP contribution is 2.42. The van der Waals surface area contributed by atoms with Crippen molar-refractivity contribution >= 4 is 17.4 Å². The number of phenols is 1. The zero-order chi connectivity index (χ0) is 25.5. The third kappa shape index (κ3) is 5.95. The van der Waals surface area contributed by atoms with Crippen LogP contribution < -0.4 is 9.47 Å². The average Bonchev–Trinajstić information content (AvgIpc) is 3.07. The Hall–Kier alpha value is -3.52. The summed E-state index contributed by atoms with van der Waals surface area (Å²) in [6, 6.07) is 10.4. The molecule has 8 nitrogen and oxygen atoms in total. The summed E-state index contributed by atoms with van der Waals surface area (Å²) in [7, 11) is 0. The molecule has 0 aliphatic carbocycles. The van der Waals surface area contributed by atoms with Gasteiger partial charge in [-0.2, -0.15) is 0 Å². The molecule has 1 aliphatic heterocycles. The van der Waals surface area contributed by atoms with Crippen LogP contribution in [0.1, 0.15) is 51.3 Å². The molecule has 8 heteroatoms. The van der Waals surface area contributed by atoms with E-state index in [1.807, 2.05) is 27.7 Å². The maximum Gasteiger partial charge on any atom is 0.295 e. The minimum atomic E-state index is -0.823. The number of amides is 1. The van der Waals surface area contributed by atoms with E-state index in [4.69, 9.17) is 14.2 Å². The van der Waals surface area contributed by atoms with Crippen molar-refractivity contribution in [3.05, 3.63) is 59.2 Å². The van der Waals surface area contributed by atoms with Gasteiger partial charge < -0.3 is 29.3 Å². The Kier molecular flexibility index (Phi) is 8.76. The van der Waals surface area contributed by atoms with Crippen LogP contribution in [0.15, 0.2) is 48.0 Å². The largest absolute Gasteiger partial charge is 0.508 e. The molecule has 35 heavy (non-hydrogen) atoms. The highest BCUT2D eigenvalue weighted by molar-refractivity contribution is 6.46. The van der Waals surface area contributed by atoms with E-state index in [1.165, 1.54) is 17.0 Å². The molecule has 1 amide bonds. The fourth-order valence-corrected chi connectivity index (χ4v) is 4.04. The molecule has 1 heterocycles. The number of hydrogen-bond acceptors (Lipinski definition) is 7. The van der Waals surface area contributed by atoms with E-state index in [0.717, 1.165) is 0 Å². The van der Waals surface area contributed by atoms with E-state index in [1.54, 1.807) is 30.3 Å². The number of hydrogen-bond donors (Lipinski definition) is 2. The number of carbonyl (C=O) groups excluding carboxylic acids is 2. The molecule has 0 saturated carbocycles. The van der Waals surface area contributed by atoms with Gasteiger partial charge in [0.2, 0.25) is 0 Å². The van der Waals surface area contributed by atoms with Crippen molar-refractivity contribution in [3.8, 4) is 17.2 Å². The molecule has 1 fully saturated rings. The van der Waals surface area contributed by atoms with Gasteiger partial charge in [0.25, 0.3) is 11.7 Å². The van der Waals surface area contributed by atoms with Crippen LogP contribution in [0.4, 0.5) is 0 Å². The number of rotatable bonds is 11. The summed E-state index contributed by atoms with van der Waals surface area (Å²) < 4.78 is 16.8. The number of nitrogens with zero attached hydrogens (tertiary/aromatic N) is 1. The second-order valence-electron chi connectivity index (χ2n) is 8.38. The number of phenolic OH excluding ortho intramolecular Hbond substituents is 1. The van der Waals surface area contributed by atoms with E-state index in [-0.39, 0.29) is 29.7 Å². The molecular formula is C27H33NO7. The zero-order valence-electron chi connectivity index (χ0n) is 20.6. The SMILES string of the molecule is CCOc1ccc(/C(O)=C2/C(=O)C(=O)N(CCCOC(C)C)C2c2ccc(O)cc2)c(OCC)c1. The predicted molar refractivity (Wildman–Crippen MR) is 132 cm³/mol. The fraction of sp³-hybridized carbons (Fsp3) is 0.407. The highest BCUT2D eigenvalue weighted by atomic mass is 16.5. The number of ketones is 1. The van der Waals surface area contributed by atoms with Gasteiger partial charge in [-0.25, -0.2) is 0 Å². The lowest BCUT2D eigenvalue weighted by Crippen LogP contribution is -2.31. The van der Waals surface area contributed by atoms with Gasteiger partial charge in [0.15, 0.2) is 0 Å². The molecule has 0 aromatic heterocycles. The van der Waals surface area contributed by atoms with Crippen LogP contribution >= 0.6 is 0 Å². The number of Topliss-reactive ketones (excluding diaryl/α,β-unsaturated/α-hetero) is 1. The Morgan fingerprint density at radius 2 is 1.71 bits per heavy atom. The highest BCUT2D eigenvalue weighted by Gasteiger charge is 2.46. The molecule has 1 aliphatic rings. The molecule has 2 aromatic carbocycles. The van der Waals surface area contributed by atoms with Crippen LogP contribution in [0.5, 0.6) is 17.2 Å². The molecule has 2 aromatic rings. The topological polar surface area (TPSA) is 106 Å². The van der Waals surface area contributed by atoms with Crippen LogP contribution in [0.25, 0.3) is 5.76 Å². The predicted octanol–water partition coefficient (Wildman–Crippen LogP) is 4.43. The number of aliphatic hydroxyl groups excluding tert-OH is 1. The molecule has 0 bridgehead atoms. The summed E-state index contributed by atoms with van der Waals surface area (Å²) in [4.78, 5) is 27.7. The second-order valence-corrected chi connectivity index (χ2v) is 8.38. The molecule has 1 saturated heterocycles. The summed E-state index contributed by atoms with van der Waals surface area (Å²) >= 11 is 0. The average molecular weight is 484 g/mol. The Labute approximate surface area is 205 Å². The normalized spacial score (nSPS) is 17.3. The maximum absolute atomic E-state index is 13.2. The minimum Gasteiger partial charge on any atom is -0.508 e. The quantitative estimate of drug-likeness (QED) is 0.211. The fourth-order valence-electron chi connectivity index (χ4n) is 4.04. The lowest BCUT2D eigenvalue weighted by atomic mass is 9.95. The first-order chi connectivity index (χ1) is 16.8. The summed E-state index contributed by atoms with van der Waals surface area (Å²) in [5.41, 5.74) is 0.855. The van der Waals surface area contributed by atoms with Crippen LogP contribution in [-0.4, -0.2) is 59.3 Å². The number of benzene rings is 2. The zero-order valence-corrected chi connectivity index (χ0v) is 20.6. The van der Waals surface area contributed by atoms with Crippen molar-refractivity contribution in [3.63, 3.8) is 0 Å². The van der Waals surface area contributed by atoms with Crippen molar-refractivity contribution in [1.29, 1.82) is 0 Å². The van der Waals surface area contributed by atoms with Crippen LogP contribution in [0.2, 0.25) is 0 Å². The Bertz CT molecular complexity index is 1080.